The molecular formula is C47H85N5O9Si. The Balaban J connectivity index is 2.61. The van der Waals surface area contributed by atoms with Gasteiger partial charge in [-0.2, -0.15) is 0 Å². The summed E-state index contributed by atoms with van der Waals surface area (Å²) < 4.78 is 29.7. The number of alkyl carbamates (subject to hydrolysis) is 1. The van der Waals surface area contributed by atoms with Gasteiger partial charge in [0.05, 0.1) is 30.8 Å². The maximum Gasteiger partial charge on any atom is 0.407 e. The first-order chi connectivity index (χ1) is 28.7. The van der Waals surface area contributed by atoms with Crippen molar-refractivity contribution in [2.45, 2.75) is 146 Å². The first-order valence-electron chi connectivity index (χ1n) is 22.8. The highest BCUT2D eigenvalue weighted by molar-refractivity contribution is 6.48. The zero-order valence-corrected chi connectivity index (χ0v) is 42.2. The second kappa shape index (κ2) is 25.3. The Morgan fingerprint density at radius 3 is 2.05 bits per heavy atom. The van der Waals surface area contributed by atoms with Crippen LogP contribution in [0.1, 0.15) is 125 Å². The number of nitrogens with one attached hydrogen (secondary N) is 3. The van der Waals surface area contributed by atoms with E-state index in [1.807, 2.05) is 52.8 Å². The molecule has 4 amide bonds. The van der Waals surface area contributed by atoms with Gasteiger partial charge in [-0.15, -0.1) is 0 Å². The molecule has 0 spiro atoms. The molecular weight excluding hydrogens is 807 g/mol. The van der Waals surface area contributed by atoms with Crippen LogP contribution in [0.5, 0.6) is 5.75 Å². The summed E-state index contributed by atoms with van der Waals surface area (Å²) in [6.07, 6.45) is 1.22. The molecule has 0 aliphatic carbocycles. The van der Waals surface area contributed by atoms with Gasteiger partial charge in [-0.3, -0.25) is 19.3 Å². The lowest BCUT2D eigenvalue weighted by Crippen LogP contribution is -2.53. The number of hydrogen-bond donors (Lipinski definition) is 4. The number of morpholine rings is 1. The van der Waals surface area contributed by atoms with Crippen LogP contribution < -0.4 is 26.4 Å². The van der Waals surface area contributed by atoms with Crippen molar-refractivity contribution in [3.63, 3.8) is 0 Å². The van der Waals surface area contributed by atoms with Crippen LogP contribution in [-0.4, -0.2) is 109 Å². The molecule has 15 heteroatoms. The van der Waals surface area contributed by atoms with Crippen molar-refractivity contribution in [2.24, 2.45) is 46.2 Å². The summed E-state index contributed by atoms with van der Waals surface area (Å²) in [5, 5.41) is 9.54. The Labute approximate surface area is 375 Å². The van der Waals surface area contributed by atoms with Gasteiger partial charge >= 0.3 is 6.09 Å². The molecule has 356 valence electrons. The SMILES string of the molecule is COCCCCOc1cc(CN2CCOCC2)ccc1C(=O)NC(O[SiH](C)C)[C@@H](C[C@H](NC(=O)OC(C)(C)C)[C@@H](C[C@H](C(=O)NCC(C)(C)C(N)=O)C(C)C)C(C)(C)C)C(C)C. The molecule has 5 atom stereocenters. The van der Waals surface area contributed by atoms with Crippen molar-refractivity contribution in [1.29, 1.82) is 0 Å². The van der Waals surface area contributed by atoms with Crippen molar-refractivity contribution in [3.05, 3.63) is 29.3 Å². The van der Waals surface area contributed by atoms with E-state index in [9.17, 15) is 19.2 Å². The van der Waals surface area contributed by atoms with Crippen LogP contribution in [-0.2, 0) is 34.8 Å². The number of nitrogens with two attached hydrogens (primary N) is 1. The Bertz CT molecular complexity index is 1550. The Morgan fingerprint density at radius 2 is 1.52 bits per heavy atom. The van der Waals surface area contributed by atoms with Gasteiger partial charge < -0.3 is 45.1 Å². The summed E-state index contributed by atoms with van der Waals surface area (Å²) in [5.74, 6) is -1.46. The molecule has 0 saturated carbocycles. The van der Waals surface area contributed by atoms with Gasteiger partial charge in [0, 0.05) is 57.8 Å². The van der Waals surface area contributed by atoms with Crippen LogP contribution in [0.15, 0.2) is 18.2 Å². The molecule has 0 aromatic heterocycles. The number of carbonyl (C=O) groups is 4. The average Bonchev–Trinajstić information content (AvgIpc) is 3.14. The maximum absolute atomic E-state index is 14.5. The van der Waals surface area contributed by atoms with E-state index in [4.69, 9.17) is 29.1 Å². The fraction of sp³-hybridized carbons (Fsp3) is 0.787. The zero-order valence-electron chi connectivity index (χ0n) is 41.0. The number of rotatable bonds is 25. The molecule has 62 heavy (non-hydrogen) atoms. The monoisotopic (exact) mass is 892 g/mol. The third kappa shape index (κ3) is 19.2. The van der Waals surface area contributed by atoms with Crippen LogP contribution >= 0.6 is 0 Å². The smallest absolute Gasteiger partial charge is 0.407 e. The highest BCUT2D eigenvalue weighted by Crippen LogP contribution is 2.40. The predicted octanol–water partition coefficient (Wildman–Crippen LogP) is 6.89. The normalized spacial score (nSPS) is 16.7. The van der Waals surface area contributed by atoms with E-state index in [-0.39, 0.29) is 42.0 Å². The molecule has 1 fully saturated rings. The Morgan fingerprint density at radius 1 is 0.887 bits per heavy atom. The zero-order chi connectivity index (χ0) is 47.0. The fourth-order valence-electron chi connectivity index (χ4n) is 7.69. The number of ether oxygens (including phenoxy) is 4. The number of methoxy groups -OCH3 is 1. The van der Waals surface area contributed by atoms with Crippen LogP contribution in [0.2, 0.25) is 13.1 Å². The quantitative estimate of drug-likeness (QED) is 0.0459. The number of unbranched alkanes of at least 4 members (excludes halogenated alkanes) is 1. The summed E-state index contributed by atoms with van der Waals surface area (Å²) in [6, 6.07) is 5.31. The minimum Gasteiger partial charge on any atom is -0.493 e. The van der Waals surface area contributed by atoms with E-state index < -0.39 is 55.7 Å². The highest BCUT2D eigenvalue weighted by Gasteiger charge is 2.42. The predicted molar refractivity (Wildman–Crippen MR) is 248 cm³/mol. The molecule has 1 heterocycles. The molecule has 1 aromatic carbocycles. The molecule has 1 unspecified atom stereocenters. The summed E-state index contributed by atoms with van der Waals surface area (Å²) in [7, 11) is -0.0839. The van der Waals surface area contributed by atoms with Crippen LogP contribution in [0.25, 0.3) is 0 Å². The van der Waals surface area contributed by atoms with E-state index in [0.717, 1.165) is 38.0 Å². The lowest BCUT2D eigenvalue weighted by molar-refractivity contribution is -0.129. The number of hydrogen-bond acceptors (Lipinski definition) is 10. The topological polar surface area (TPSA) is 180 Å². The number of amides is 4. The molecule has 14 nitrogen and oxygen atoms in total. The first-order valence-corrected chi connectivity index (χ1v) is 25.6. The lowest BCUT2D eigenvalue weighted by Gasteiger charge is -2.43. The summed E-state index contributed by atoms with van der Waals surface area (Å²) in [4.78, 5) is 56.7. The van der Waals surface area contributed by atoms with Gasteiger partial charge in [-0.1, -0.05) is 54.5 Å². The fourth-order valence-corrected chi connectivity index (χ4v) is 8.54. The Hall–Kier alpha value is -3.24. The van der Waals surface area contributed by atoms with Gasteiger partial charge in [0.25, 0.3) is 5.91 Å². The van der Waals surface area contributed by atoms with Crippen molar-refractivity contribution < 1.29 is 42.6 Å². The third-order valence-electron chi connectivity index (χ3n) is 11.6. The van der Waals surface area contributed by atoms with Crippen LogP contribution in [0, 0.1) is 40.4 Å². The van der Waals surface area contributed by atoms with Crippen LogP contribution in [0.3, 0.4) is 0 Å². The van der Waals surface area contributed by atoms with Crippen molar-refractivity contribution >= 4 is 32.9 Å². The number of nitrogens with zero attached hydrogens (tertiary/aromatic N) is 1. The first kappa shape index (κ1) is 54.9. The lowest BCUT2D eigenvalue weighted by atomic mass is 9.67. The molecule has 0 bridgehead atoms. The van der Waals surface area contributed by atoms with Gasteiger partial charge in [0.15, 0.2) is 9.04 Å². The van der Waals surface area contributed by atoms with Gasteiger partial charge in [-0.05, 0) is 114 Å². The van der Waals surface area contributed by atoms with Crippen LogP contribution in [0.4, 0.5) is 4.79 Å². The van der Waals surface area contributed by atoms with E-state index in [1.165, 1.54) is 0 Å². The van der Waals surface area contributed by atoms with E-state index >= 15 is 0 Å². The maximum atomic E-state index is 14.5. The van der Waals surface area contributed by atoms with E-state index in [2.05, 4.69) is 68.6 Å². The molecule has 1 aliphatic rings. The van der Waals surface area contributed by atoms with Gasteiger partial charge in [0.2, 0.25) is 11.8 Å². The van der Waals surface area contributed by atoms with Crippen molar-refractivity contribution in [2.75, 3.05) is 53.2 Å². The summed E-state index contributed by atoms with van der Waals surface area (Å²) >= 11 is 0. The molecule has 0 radical (unpaired) electrons. The average molecular weight is 892 g/mol. The molecule has 1 aliphatic heterocycles. The third-order valence-corrected chi connectivity index (χ3v) is 12.4. The largest absolute Gasteiger partial charge is 0.493 e. The standard InChI is InChI=1S/C47H85N5O9Si/c1-31(2)35(40(53)49-30-47(11,12)43(48)55)27-37(45(5,6)7)38(50-44(56)60-46(8,9)10)28-36(32(3)4)42(61-62(14)15)51-41(54)34-19-18-33(29-52-20-24-58-25-21-52)26-39(34)59-23-17-16-22-57-13/h18-19,26,31-32,35-38,42,62H,16-17,20-25,27-30H2,1-15H3,(H2,48,55)(H,49,53)(H,50,56)(H,51,54)/t35-,36-,37+,38-,42?/m0/s1. The van der Waals surface area contributed by atoms with Crippen molar-refractivity contribution in [1.82, 2.24) is 20.9 Å². The second-order valence-corrected chi connectivity index (χ2v) is 23.1. The van der Waals surface area contributed by atoms with Gasteiger partial charge in [-0.25, -0.2) is 4.79 Å². The minimum absolute atomic E-state index is 0.00392. The second-order valence-electron chi connectivity index (χ2n) is 20.8. The van der Waals surface area contributed by atoms with Gasteiger partial charge in [0.1, 0.15) is 17.6 Å². The molecule has 1 saturated heterocycles. The van der Waals surface area contributed by atoms with E-state index in [0.29, 0.717) is 50.6 Å². The minimum atomic E-state index is -1.76. The molecule has 1 aromatic rings. The highest BCUT2D eigenvalue weighted by atomic mass is 28.3. The molecule has 2 rings (SSSR count). The Kier molecular flexibility index (Phi) is 22.4. The number of benzene rings is 1. The molecule has 5 N–H and O–H groups in total. The van der Waals surface area contributed by atoms with E-state index in [1.54, 1.807) is 21.0 Å². The van der Waals surface area contributed by atoms with Crippen molar-refractivity contribution in [3.8, 4) is 5.75 Å². The number of primary amides is 1. The summed E-state index contributed by atoms with van der Waals surface area (Å²) in [6.45, 7) is 32.6. The summed E-state index contributed by atoms with van der Waals surface area (Å²) in [5.41, 5.74) is 5.04. The number of carbonyl (C=O) groups excluding carboxylic acids is 4.